The van der Waals surface area contributed by atoms with Crippen LogP contribution in [0.4, 0.5) is 5.69 Å². The highest BCUT2D eigenvalue weighted by Crippen LogP contribution is 2.34. The second-order valence-corrected chi connectivity index (χ2v) is 11.4. The Kier molecular flexibility index (Phi) is 6.81. The Hall–Kier alpha value is -1.93. The van der Waals surface area contributed by atoms with Crippen LogP contribution in [0.5, 0.6) is 0 Å². The minimum absolute atomic E-state index is 0.0320. The molecule has 0 N–H and O–H groups in total. The third kappa shape index (κ3) is 4.65. The number of anilines is 1. The summed E-state index contributed by atoms with van der Waals surface area (Å²) in [6, 6.07) is 5.08. The van der Waals surface area contributed by atoms with Crippen LogP contribution in [0.2, 0.25) is 0 Å². The van der Waals surface area contributed by atoms with Gasteiger partial charge in [0, 0.05) is 43.8 Å². The molecule has 1 aromatic rings. The maximum atomic E-state index is 13.3. The summed E-state index contributed by atoms with van der Waals surface area (Å²) in [6.07, 6.45) is 2.23. The van der Waals surface area contributed by atoms with E-state index >= 15 is 0 Å². The minimum atomic E-state index is -3.53. The molecule has 2 amide bonds. The molecule has 2 aliphatic heterocycles. The van der Waals surface area contributed by atoms with E-state index in [1.165, 1.54) is 4.31 Å². The average Bonchev–Trinajstić information content (AvgIpc) is 3.16. The molecular formula is C23H35N3O4S. The molecule has 1 fully saturated rings. The van der Waals surface area contributed by atoms with Crippen LogP contribution in [0.1, 0.15) is 53.0 Å². The lowest BCUT2D eigenvalue weighted by atomic mass is 9.90. The number of carbonyl (C=O) groups excluding carboxylic acids is 2. The Bertz CT molecular complexity index is 948. The smallest absolute Gasteiger partial charge is 0.243 e. The summed E-state index contributed by atoms with van der Waals surface area (Å²) in [4.78, 5) is 29.9. The number of hydrogen-bond acceptors (Lipinski definition) is 4. The molecule has 2 aliphatic rings. The van der Waals surface area contributed by atoms with E-state index in [2.05, 4.69) is 0 Å². The van der Waals surface area contributed by atoms with Gasteiger partial charge in [0.1, 0.15) is 0 Å². The SMILES string of the molecule is CCN(CC)S(=O)(=O)c1ccc2c(c1)CCN2C(=O)C1CCCN(C(=O)C(C)(C)C)C1. The van der Waals surface area contributed by atoms with Crippen LogP contribution in [-0.2, 0) is 26.0 Å². The van der Waals surface area contributed by atoms with Gasteiger partial charge in [-0.05, 0) is 43.0 Å². The predicted molar refractivity (Wildman–Crippen MR) is 121 cm³/mol. The van der Waals surface area contributed by atoms with Gasteiger partial charge in [-0.3, -0.25) is 9.59 Å². The molecule has 31 heavy (non-hydrogen) atoms. The van der Waals surface area contributed by atoms with E-state index in [4.69, 9.17) is 0 Å². The summed E-state index contributed by atoms with van der Waals surface area (Å²) in [5.41, 5.74) is 1.22. The lowest BCUT2D eigenvalue weighted by Gasteiger charge is -2.37. The summed E-state index contributed by atoms with van der Waals surface area (Å²) in [7, 11) is -3.53. The molecule has 3 rings (SSSR count). The molecule has 0 spiro atoms. The van der Waals surface area contributed by atoms with Crippen LogP contribution in [-0.4, -0.2) is 62.2 Å². The molecule has 0 aliphatic carbocycles. The third-order valence-electron chi connectivity index (χ3n) is 6.26. The van der Waals surface area contributed by atoms with Crippen molar-refractivity contribution in [2.45, 2.75) is 58.8 Å². The highest BCUT2D eigenvalue weighted by molar-refractivity contribution is 7.89. The maximum Gasteiger partial charge on any atom is 0.243 e. The zero-order valence-corrected chi connectivity index (χ0v) is 20.2. The van der Waals surface area contributed by atoms with Gasteiger partial charge in [-0.1, -0.05) is 34.6 Å². The molecule has 1 atom stereocenters. The van der Waals surface area contributed by atoms with Crippen molar-refractivity contribution in [2.75, 3.05) is 37.6 Å². The fraction of sp³-hybridized carbons (Fsp3) is 0.652. The zero-order valence-electron chi connectivity index (χ0n) is 19.3. The summed E-state index contributed by atoms with van der Waals surface area (Å²) < 4.78 is 27.1. The molecule has 172 valence electrons. The molecule has 1 unspecified atom stereocenters. The number of benzene rings is 1. The first kappa shape index (κ1) is 23.7. The van der Waals surface area contributed by atoms with E-state index in [1.54, 1.807) is 23.1 Å². The lowest BCUT2D eigenvalue weighted by molar-refractivity contribution is -0.142. The van der Waals surface area contributed by atoms with E-state index < -0.39 is 15.4 Å². The topological polar surface area (TPSA) is 78.0 Å². The molecule has 2 heterocycles. The van der Waals surface area contributed by atoms with Crippen molar-refractivity contribution in [3.8, 4) is 0 Å². The van der Waals surface area contributed by atoms with Crippen molar-refractivity contribution >= 4 is 27.5 Å². The number of hydrogen-bond donors (Lipinski definition) is 0. The number of carbonyl (C=O) groups is 2. The number of amides is 2. The van der Waals surface area contributed by atoms with Gasteiger partial charge < -0.3 is 9.80 Å². The minimum Gasteiger partial charge on any atom is -0.341 e. The molecule has 0 bridgehead atoms. The number of likely N-dealkylation sites (tertiary alicyclic amines) is 1. The molecule has 1 aromatic carbocycles. The molecule has 7 nitrogen and oxygen atoms in total. The van der Waals surface area contributed by atoms with Crippen molar-refractivity contribution in [1.82, 2.24) is 9.21 Å². The Morgan fingerprint density at radius 1 is 1.13 bits per heavy atom. The second kappa shape index (κ2) is 8.90. The predicted octanol–water partition coefficient (Wildman–Crippen LogP) is 2.89. The van der Waals surface area contributed by atoms with Gasteiger partial charge in [0.25, 0.3) is 0 Å². The van der Waals surface area contributed by atoms with Crippen LogP contribution in [0.25, 0.3) is 0 Å². The van der Waals surface area contributed by atoms with Crippen molar-refractivity contribution in [3.63, 3.8) is 0 Å². The highest BCUT2D eigenvalue weighted by Gasteiger charge is 2.37. The lowest BCUT2D eigenvalue weighted by Crippen LogP contribution is -2.49. The van der Waals surface area contributed by atoms with Crippen molar-refractivity contribution < 1.29 is 18.0 Å². The molecule has 0 saturated carbocycles. The van der Waals surface area contributed by atoms with Crippen LogP contribution in [0, 0.1) is 11.3 Å². The normalized spacial score (nSPS) is 19.6. The zero-order chi connectivity index (χ0) is 23.0. The largest absolute Gasteiger partial charge is 0.341 e. The number of piperidine rings is 1. The first-order valence-corrected chi connectivity index (χ1v) is 12.7. The third-order valence-corrected chi connectivity index (χ3v) is 8.30. The first-order chi connectivity index (χ1) is 14.5. The summed E-state index contributed by atoms with van der Waals surface area (Å²) in [5.74, 6) is -0.104. The Morgan fingerprint density at radius 3 is 2.42 bits per heavy atom. The van der Waals surface area contributed by atoms with Crippen molar-refractivity contribution in [2.24, 2.45) is 11.3 Å². The number of rotatable bonds is 5. The van der Waals surface area contributed by atoms with Gasteiger partial charge in [0.15, 0.2) is 0 Å². The second-order valence-electron chi connectivity index (χ2n) is 9.46. The number of sulfonamides is 1. The quantitative estimate of drug-likeness (QED) is 0.693. The molecule has 0 aromatic heterocycles. The van der Waals surface area contributed by atoms with Crippen LogP contribution >= 0.6 is 0 Å². The van der Waals surface area contributed by atoms with Gasteiger partial charge in [-0.25, -0.2) is 8.42 Å². The molecular weight excluding hydrogens is 414 g/mol. The van der Waals surface area contributed by atoms with E-state index in [9.17, 15) is 18.0 Å². The summed E-state index contributed by atoms with van der Waals surface area (Å²) in [6.45, 7) is 11.9. The molecule has 1 saturated heterocycles. The Labute approximate surface area is 186 Å². The highest BCUT2D eigenvalue weighted by atomic mass is 32.2. The van der Waals surface area contributed by atoms with E-state index in [0.717, 1.165) is 24.1 Å². The monoisotopic (exact) mass is 449 g/mol. The summed E-state index contributed by atoms with van der Waals surface area (Å²) >= 11 is 0. The maximum absolute atomic E-state index is 13.3. The van der Waals surface area contributed by atoms with Gasteiger partial charge in [-0.2, -0.15) is 4.31 Å². The fourth-order valence-corrected chi connectivity index (χ4v) is 6.05. The standard InChI is InChI=1S/C23H35N3O4S/c1-6-25(7-2)31(29,30)19-10-11-20-17(15-19)12-14-26(20)21(27)18-9-8-13-24(16-18)22(28)23(3,4)5/h10-11,15,18H,6-9,12-14,16H2,1-5H3. The van der Waals surface area contributed by atoms with Crippen LogP contribution < -0.4 is 4.90 Å². The number of fused-ring (bicyclic) bond motifs is 1. The van der Waals surface area contributed by atoms with Crippen LogP contribution in [0.3, 0.4) is 0 Å². The fourth-order valence-electron chi connectivity index (χ4n) is 4.54. The van der Waals surface area contributed by atoms with Gasteiger partial charge in [0.05, 0.1) is 10.8 Å². The molecule has 8 heteroatoms. The van der Waals surface area contributed by atoms with E-state index in [-0.39, 0.29) is 22.6 Å². The molecule has 0 radical (unpaired) electrons. The number of nitrogens with zero attached hydrogens (tertiary/aromatic N) is 3. The summed E-state index contributed by atoms with van der Waals surface area (Å²) in [5, 5.41) is 0. The van der Waals surface area contributed by atoms with E-state index in [1.807, 2.05) is 39.5 Å². The Morgan fingerprint density at radius 2 is 1.81 bits per heavy atom. The van der Waals surface area contributed by atoms with E-state index in [0.29, 0.717) is 39.1 Å². The van der Waals surface area contributed by atoms with Gasteiger partial charge in [0.2, 0.25) is 21.8 Å². The van der Waals surface area contributed by atoms with Gasteiger partial charge in [-0.15, -0.1) is 0 Å². The van der Waals surface area contributed by atoms with Gasteiger partial charge >= 0.3 is 0 Å². The average molecular weight is 450 g/mol. The first-order valence-electron chi connectivity index (χ1n) is 11.2. The van der Waals surface area contributed by atoms with Crippen molar-refractivity contribution in [1.29, 1.82) is 0 Å². The Balaban J connectivity index is 1.78. The van der Waals surface area contributed by atoms with Crippen LogP contribution in [0.15, 0.2) is 23.1 Å². The van der Waals surface area contributed by atoms with Crippen molar-refractivity contribution in [3.05, 3.63) is 23.8 Å².